The van der Waals surface area contributed by atoms with Gasteiger partial charge in [0.25, 0.3) is 0 Å². The first kappa shape index (κ1) is 14.9. The molecule has 0 aliphatic carbocycles. The van der Waals surface area contributed by atoms with Gasteiger partial charge in [-0.1, -0.05) is 18.2 Å². The Hall–Kier alpha value is -3.02. The fraction of sp³-hybridized carbons (Fsp3) is 0.176. The number of rotatable bonds is 5. The zero-order chi connectivity index (χ0) is 16.1. The Bertz CT molecular complexity index is 798. The Kier molecular flexibility index (Phi) is 4.42. The van der Waals surface area contributed by atoms with Gasteiger partial charge in [-0.3, -0.25) is 4.79 Å². The lowest BCUT2D eigenvalue weighted by Crippen LogP contribution is -2.25. The van der Waals surface area contributed by atoms with Gasteiger partial charge in [0.1, 0.15) is 5.82 Å². The molecule has 1 amide bonds. The summed E-state index contributed by atoms with van der Waals surface area (Å²) in [6, 6.07) is 11.6. The van der Waals surface area contributed by atoms with Gasteiger partial charge in [-0.05, 0) is 30.7 Å². The second-order valence-corrected chi connectivity index (χ2v) is 5.18. The van der Waals surface area contributed by atoms with Crippen molar-refractivity contribution in [3.8, 4) is 5.69 Å². The van der Waals surface area contributed by atoms with Gasteiger partial charge in [-0.15, -0.1) is 0 Å². The van der Waals surface area contributed by atoms with Crippen molar-refractivity contribution in [1.29, 1.82) is 0 Å². The summed E-state index contributed by atoms with van der Waals surface area (Å²) in [5.41, 5.74) is 2.63. The maximum Gasteiger partial charge on any atom is 0.224 e. The van der Waals surface area contributed by atoms with E-state index in [9.17, 15) is 4.79 Å². The zero-order valence-corrected chi connectivity index (χ0v) is 12.8. The van der Waals surface area contributed by atoms with Crippen LogP contribution in [0.4, 0.5) is 0 Å². The molecule has 0 aliphatic heterocycles. The van der Waals surface area contributed by atoms with Gasteiger partial charge in [0.05, 0.1) is 30.5 Å². The summed E-state index contributed by atoms with van der Waals surface area (Å²) in [5, 5.41) is 7.14. The van der Waals surface area contributed by atoms with E-state index in [1.165, 1.54) is 0 Å². The average molecular weight is 307 g/mol. The third-order valence-electron chi connectivity index (χ3n) is 3.32. The van der Waals surface area contributed by atoms with E-state index in [-0.39, 0.29) is 12.3 Å². The molecule has 6 nitrogen and oxygen atoms in total. The average Bonchev–Trinajstić information content (AvgIpc) is 3.02. The minimum atomic E-state index is -0.0612. The van der Waals surface area contributed by atoms with Gasteiger partial charge < -0.3 is 5.32 Å². The summed E-state index contributed by atoms with van der Waals surface area (Å²) in [7, 11) is 0. The minimum absolute atomic E-state index is 0.0612. The minimum Gasteiger partial charge on any atom is -0.350 e. The largest absolute Gasteiger partial charge is 0.350 e. The van der Waals surface area contributed by atoms with Crippen molar-refractivity contribution in [2.24, 2.45) is 0 Å². The number of amides is 1. The van der Waals surface area contributed by atoms with Crippen LogP contribution in [-0.2, 0) is 17.8 Å². The standard InChI is InChI=1S/C17H17N5O/c1-13-18-8-7-15(21-13)11-19-17(23)9-14-10-20-22(12-14)16-5-3-2-4-6-16/h2-8,10,12H,9,11H2,1H3,(H,19,23). The molecule has 3 rings (SSSR count). The number of hydrogen-bond acceptors (Lipinski definition) is 4. The predicted octanol–water partition coefficient (Wildman–Crippen LogP) is 1.83. The Morgan fingerprint density at radius 2 is 2.04 bits per heavy atom. The number of carbonyl (C=O) groups excluding carboxylic acids is 1. The summed E-state index contributed by atoms with van der Waals surface area (Å²) < 4.78 is 1.76. The lowest BCUT2D eigenvalue weighted by Gasteiger charge is -2.04. The maximum absolute atomic E-state index is 12.0. The first-order valence-electron chi connectivity index (χ1n) is 7.35. The number of benzene rings is 1. The highest BCUT2D eigenvalue weighted by atomic mass is 16.1. The first-order chi connectivity index (χ1) is 11.2. The monoisotopic (exact) mass is 307 g/mol. The summed E-state index contributed by atoms with van der Waals surface area (Å²) in [6.45, 7) is 2.22. The van der Waals surface area contributed by atoms with Crippen molar-refractivity contribution in [2.75, 3.05) is 0 Å². The fourth-order valence-electron chi connectivity index (χ4n) is 2.21. The van der Waals surface area contributed by atoms with Gasteiger partial charge in [0, 0.05) is 12.4 Å². The molecule has 0 fully saturated rings. The number of nitrogens with zero attached hydrogens (tertiary/aromatic N) is 4. The summed E-state index contributed by atoms with van der Waals surface area (Å²) >= 11 is 0. The fourth-order valence-corrected chi connectivity index (χ4v) is 2.21. The number of nitrogens with one attached hydrogen (secondary N) is 1. The van der Waals surface area contributed by atoms with E-state index >= 15 is 0 Å². The Balaban J connectivity index is 1.57. The van der Waals surface area contributed by atoms with Crippen LogP contribution in [0.3, 0.4) is 0 Å². The second-order valence-electron chi connectivity index (χ2n) is 5.18. The van der Waals surface area contributed by atoms with Crippen LogP contribution in [0.25, 0.3) is 5.69 Å². The van der Waals surface area contributed by atoms with Crippen LogP contribution in [0.5, 0.6) is 0 Å². The molecule has 0 saturated carbocycles. The molecule has 6 heteroatoms. The molecule has 2 heterocycles. The molecule has 2 aromatic heterocycles. The van der Waals surface area contributed by atoms with E-state index in [0.717, 1.165) is 16.9 Å². The highest BCUT2D eigenvalue weighted by Crippen LogP contribution is 2.08. The van der Waals surface area contributed by atoms with Gasteiger partial charge >= 0.3 is 0 Å². The van der Waals surface area contributed by atoms with Crippen LogP contribution in [0.1, 0.15) is 17.1 Å². The topological polar surface area (TPSA) is 72.7 Å². The van der Waals surface area contributed by atoms with Gasteiger partial charge in [-0.2, -0.15) is 5.10 Å². The Morgan fingerprint density at radius 1 is 1.22 bits per heavy atom. The van der Waals surface area contributed by atoms with E-state index in [1.807, 2.05) is 43.5 Å². The maximum atomic E-state index is 12.0. The van der Waals surface area contributed by atoms with Crippen LogP contribution < -0.4 is 5.32 Å². The number of carbonyl (C=O) groups is 1. The van der Waals surface area contributed by atoms with Crippen molar-refractivity contribution in [3.05, 3.63) is 72.1 Å². The molecule has 116 valence electrons. The molecular formula is C17H17N5O. The Morgan fingerprint density at radius 3 is 2.83 bits per heavy atom. The van der Waals surface area contributed by atoms with E-state index < -0.39 is 0 Å². The highest BCUT2D eigenvalue weighted by molar-refractivity contribution is 5.78. The van der Waals surface area contributed by atoms with Crippen molar-refractivity contribution < 1.29 is 4.79 Å². The molecular weight excluding hydrogens is 290 g/mol. The summed E-state index contributed by atoms with van der Waals surface area (Å²) in [6.07, 6.45) is 5.55. The highest BCUT2D eigenvalue weighted by Gasteiger charge is 2.07. The third kappa shape index (κ3) is 4.00. The normalized spacial score (nSPS) is 10.5. The molecule has 0 saturated heterocycles. The van der Waals surface area contributed by atoms with Crippen LogP contribution in [-0.4, -0.2) is 25.7 Å². The summed E-state index contributed by atoms with van der Waals surface area (Å²) in [5.74, 6) is 0.634. The van der Waals surface area contributed by atoms with E-state index in [4.69, 9.17) is 0 Å². The predicted molar refractivity (Wildman–Crippen MR) is 85.9 cm³/mol. The third-order valence-corrected chi connectivity index (χ3v) is 3.32. The molecule has 1 aromatic carbocycles. The number of aromatic nitrogens is 4. The molecule has 0 spiro atoms. The number of hydrogen-bond donors (Lipinski definition) is 1. The number of aryl methyl sites for hydroxylation is 1. The van der Waals surface area contributed by atoms with Crippen molar-refractivity contribution in [2.45, 2.75) is 19.9 Å². The van der Waals surface area contributed by atoms with Crippen LogP contribution in [0.2, 0.25) is 0 Å². The second kappa shape index (κ2) is 6.83. The molecule has 0 atom stereocenters. The lowest BCUT2D eigenvalue weighted by molar-refractivity contribution is -0.120. The number of para-hydroxylation sites is 1. The SMILES string of the molecule is Cc1nccc(CNC(=O)Cc2cnn(-c3ccccc3)c2)n1. The van der Waals surface area contributed by atoms with E-state index in [2.05, 4.69) is 20.4 Å². The van der Waals surface area contributed by atoms with Gasteiger partial charge in [-0.25, -0.2) is 14.6 Å². The molecule has 1 N–H and O–H groups in total. The molecule has 0 unspecified atom stereocenters. The lowest BCUT2D eigenvalue weighted by atomic mass is 10.2. The first-order valence-corrected chi connectivity index (χ1v) is 7.35. The molecule has 23 heavy (non-hydrogen) atoms. The van der Waals surface area contributed by atoms with Gasteiger partial charge in [0.2, 0.25) is 5.91 Å². The Labute approximate surface area is 134 Å². The van der Waals surface area contributed by atoms with E-state index in [0.29, 0.717) is 12.4 Å². The summed E-state index contributed by atoms with van der Waals surface area (Å²) in [4.78, 5) is 20.3. The van der Waals surface area contributed by atoms with Crippen molar-refractivity contribution >= 4 is 5.91 Å². The molecule has 0 aliphatic rings. The van der Waals surface area contributed by atoms with Crippen molar-refractivity contribution in [1.82, 2.24) is 25.1 Å². The smallest absolute Gasteiger partial charge is 0.224 e. The van der Waals surface area contributed by atoms with Crippen LogP contribution >= 0.6 is 0 Å². The van der Waals surface area contributed by atoms with Crippen LogP contribution in [0.15, 0.2) is 55.0 Å². The molecule has 0 bridgehead atoms. The van der Waals surface area contributed by atoms with Crippen LogP contribution in [0, 0.1) is 6.92 Å². The zero-order valence-electron chi connectivity index (χ0n) is 12.8. The molecule has 3 aromatic rings. The van der Waals surface area contributed by atoms with E-state index in [1.54, 1.807) is 23.1 Å². The quantitative estimate of drug-likeness (QED) is 0.780. The van der Waals surface area contributed by atoms with Gasteiger partial charge in [0.15, 0.2) is 0 Å². The van der Waals surface area contributed by atoms with Crippen molar-refractivity contribution in [3.63, 3.8) is 0 Å². The molecule has 0 radical (unpaired) electrons.